The second-order valence-electron chi connectivity index (χ2n) is 9.70. The number of imide groups is 1. The van der Waals surface area contributed by atoms with Crippen molar-refractivity contribution < 1.29 is 23.9 Å². The average molecular weight is 584 g/mol. The van der Waals surface area contributed by atoms with E-state index in [-0.39, 0.29) is 25.1 Å². The molecular weight excluding hydrogens is 557 g/mol. The second-order valence-corrected chi connectivity index (χ2v) is 10.6. The van der Waals surface area contributed by atoms with E-state index in [1.165, 1.54) is 29.4 Å². The number of ether oxygens (including phenoxy) is 2. The molecule has 40 heavy (non-hydrogen) atoms. The zero-order valence-corrected chi connectivity index (χ0v) is 23.2. The van der Waals surface area contributed by atoms with E-state index in [0.29, 0.717) is 29.6 Å². The molecule has 1 aromatic heterocycles. The molecule has 2 saturated heterocycles. The highest BCUT2D eigenvalue weighted by Crippen LogP contribution is 2.44. The fraction of sp³-hybridized carbons (Fsp3) is 0.321. The summed E-state index contributed by atoms with van der Waals surface area (Å²) in [6, 6.07) is 11.7. The van der Waals surface area contributed by atoms with Crippen molar-refractivity contribution in [3.8, 4) is 11.1 Å². The Morgan fingerprint density at radius 3 is 2.45 bits per heavy atom. The number of hydrogen-bond acceptors (Lipinski definition) is 7. The Morgan fingerprint density at radius 1 is 1.07 bits per heavy atom. The van der Waals surface area contributed by atoms with Crippen LogP contribution in [0.2, 0.25) is 10.0 Å². The number of rotatable bonds is 9. The van der Waals surface area contributed by atoms with Crippen LogP contribution in [0.15, 0.2) is 61.2 Å². The highest BCUT2D eigenvalue weighted by atomic mass is 35.5. The van der Waals surface area contributed by atoms with Crippen molar-refractivity contribution in [1.29, 1.82) is 0 Å². The molecule has 12 heteroatoms. The van der Waals surface area contributed by atoms with Crippen molar-refractivity contribution in [3.63, 3.8) is 0 Å². The first-order valence-corrected chi connectivity index (χ1v) is 13.5. The minimum Gasteiger partial charge on any atom is -0.444 e. The molecule has 0 saturated carbocycles. The van der Waals surface area contributed by atoms with Gasteiger partial charge in [0.2, 0.25) is 0 Å². The summed E-state index contributed by atoms with van der Waals surface area (Å²) in [6.07, 6.45) is 4.62. The number of benzene rings is 2. The summed E-state index contributed by atoms with van der Waals surface area (Å²) in [6.45, 7) is 0.956. The Morgan fingerprint density at radius 2 is 1.77 bits per heavy atom. The number of aromatic nitrogens is 2. The van der Waals surface area contributed by atoms with E-state index in [9.17, 15) is 14.4 Å². The minimum absolute atomic E-state index is 0.0697. The van der Waals surface area contributed by atoms with Gasteiger partial charge in [-0.2, -0.15) is 0 Å². The quantitative estimate of drug-likeness (QED) is 0.286. The lowest BCUT2D eigenvalue weighted by molar-refractivity contribution is -0.124. The van der Waals surface area contributed by atoms with E-state index >= 15 is 0 Å². The average Bonchev–Trinajstić information content (AvgIpc) is 3.38. The van der Waals surface area contributed by atoms with E-state index in [1.807, 2.05) is 24.3 Å². The smallest absolute Gasteiger partial charge is 0.407 e. The summed E-state index contributed by atoms with van der Waals surface area (Å²) in [5.74, 6) is -0.428. The highest BCUT2D eigenvalue weighted by Gasteiger charge is 2.63. The van der Waals surface area contributed by atoms with Crippen molar-refractivity contribution in [2.24, 2.45) is 0 Å². The van der Waals surface area contributed by atoms with E-state index in [4.69, 9.17) is 32.7 Å². The first-order valence-electron chi connectivity index (χ1n) is 12.7. The molecule has 5 rings (SSSR count). The van der Waals surface area contributed by atoms with E-state index in [0.717, 1.165) is 21.6 Å². The van der Waals surface area contributed by atoms with Crippen molar-refractivity contribution in [2.75, 3.05) is 31.7 Å². The molecule has 3 heterocycles. The molecule has 208 valence electrons. The molecular formula is C28H27Cl2N5O5. The van der Waals surface area contributed by atoms with Crippen LogP contribution in [0.4, 0.5) is 15.3 Å². The van der Waals surface area contributed by atoms with Crippen LogP contribution in [0.5, 0.6) is 0 Å². The number of carbonyl (C=O) groups is 3. The Balaban J connectivity index is 1.41. The number of fused-ring (bicyclic) bond motifs is 1. The zero-order valence-electron chi connectivity index (χ0n) is 21.7. The van der Waals surface area contributed by atoms with E-state index in [2.05, 4.69) is 15.3 Å². The fourth-order valence-electron chi connectivity index (χ4n) is 5.23. The zero-order chi connectivity index (χ0) is 28.3. The van der Waals surface area contributed by atoms with Crippen molar-refractivity contribution in [3.05, 3.63) is 76.8 Å². The summed E-state index contributed by atoms with van der Waals surface area (Å²) >= 11 is 12.4. The van der Waals surface area contributed by atoms with Gasteiger partial charge >= 0.3 is 12.1 Å². The lowest BCUT2D eigenvalue weighted by Crippen LogP contribution is -2.47. The minimum atomic E-state index is -1.26. The normalized spacial score (nSPS) is 20.1. The van der Waals surface area contributed by atoms with Crippen molar-refractivity contribution >= 4 is 46.9 Å². The molecule has 0 bridgehead atoms. The lowest BCUT2D eigenvalue weighted by atomic mass is 9.87. The standard InChI is InChI=1S/C28H27Cl2N5O5/c1-39-8-2-7-33-26(37)40-24-13-28(12-18-3-5-19(6-4-18)20-14-31-17-32-15-20)25(36)35(27(38)34(28)16-24)23-10-21(29)9-22(30)11-23/h3-6,9-11,14-15,17,24H,2,7-8,12-13,16H2,1H3,(H,33,37)/t24-,28+/m1/s1. The number of nitrogens with one attached hydrogen (secondary N) is 1. The Kier molecular flexibility index (Phi) is 8.20. The molecule has 2 aliphatic heterocycles. The van der Waals surface area contributed by atoms with Crippen molar-refractivity contribution in [1.82, 2.24) is 20.2 Å². The van der Waals surface area contributed by atoms with Gasteiger partial charge < -0.3 is 19.7 Å². The third-order valence-corrected chi connectivity index (χ3v) is 7.45. The van der Waals surface area contributed by atoms with Gasteiger partial charge in [-0.05, 0) is 35.7 Å². The molecule has 0 radical (unpaired) electrons. The number of methoxy groups -OCH3 is 1. The fourth-order valence-corrected chi connectivity index (χ4v) is 5.74. The SMILES string of the molecule is COCCCNC(=O)O[C@H]1CN2C(=O)N(c3cc(Cl)cc(Cl)c3)C(=O)[C@]2(Cc2ccc(-c3cncnc3)cc2)C1. The molecule has 0 aliphatic carbocycles. The molecule has 2 aromatic carbocycles. The predicted molar refractivity (Wildman–Crippen MR) is 149 cm³/mol. The molecule has 2 fully saturated rings. The number of hydrogen-bond donors (Lipinski definition) is 1. The van der Waals surface area contributed by atoms with Gasteiger partial charge in [0.1, 0.15) is 18.0 Å². The maximum Gasteiger partial charge on any atom is 0.407 e. The number of urea groups is 1. The lowest BCUT2D eigenvalue weighted by Gasteiger charge is -2.28. The largest absolute Gasteiger partial charge is 0.444 e. The van der Waals surface area contributed by atoms with E-state index < -0.39 is 29.7 Å². The first kappa shape index (κ1) is 27.8. The Hall–Kier alpha value is -3.73. The van der Waals surface area contributed by atoms with Gasteiger partial charge in [-0.1, -0.05) is 47.5 Å². The number of amides is 4. The molecule has 10 nitrogen and oxygen atoms in total. The summed E-state index contributed by atoms with van der Waals surface area (Å²) in [7, 11) is 1.59. The van der Waals surface area contributed by atoms with Gasteiger partial charge in [0.25, 0.3) is 5.91 Å². The van der Waals surface area contributed by atoms with E-state index in [1.54, 1.807) is 19.5 Å². The highest BCUT2D eigenvalue weighted by molar-refractivity contribution is 6.35. The predicted octanol–water partition coefficient (Wildman–Crippen LogP) is 4.74. The van der Waals surface area contributed by atoms with Crippen LogP contribution in [-0.2, 0) is 20.7 Å². The maximum absolute atomic E-state index is 14.1. The molecule has 0 unspecified atom stereocenters. The third kappa shape index (κ3) is 5.60. The molecule has 2 aliphatic rings. The van der Waals surface area contributed by atoms with Gasteiger partial charge in [-0.25, -0.2) is 24.5 Å². The number of halogens is 2. The Bertz CT molecular complexity index is 1390. The molecule has 3 aromatic rings. The van der Waals surface area contributed by atoms with Crippen LogP contribution in [0.3, 0.4) is 0 Å². The van der Waals surface area contributed by atoms with Crippen LogP contribution < -0.4 is 10.2 Å². The summed E-state index contributed by atoms with van der Waals surface area (Å²) in [5, 5.41) is 3.29. The van der Waals surface area contributed by atoms with Crippen molar-refractivity contribution in [2.45, 2.75) is 30.9 Å². The van der Waals surface area contributed by atoms with Gasteiger partial charge in [-0.15, -0.1) is 0 Å². The number of carbonyl (C=O) groups excluding carboxylic acids is 3. The van der Waals surface area contributed by atoms with Gasteiger partial charge in [0, 0.05) is 61.1 Å². The Labute approximate surface area is 241 Å². The van der Waals surface area contributed by atoms with Crippen LogP contribution in [0.1, 0.15) is 18.4 Å². The number of nitrogens with zero attached hydrogens (tertiary/aromatic N) is 4. The second kappa shape index (κ2) is 11.8. The van der Waals surface area contributed by atoms with Crippen LogP contribution in [-0.4, -0.2) is 71.3 Å². The number of alkyl carbamates (subject to hydrolysis) is 1. The molecule has 1 N–H and O–H groups in total. The summed E-state index contributed by atoms with van der Waals surface area (Å²) in [4.78, 5) is 50.9. The summed E-state index contributed by atoms with van der Waals surface area (Å²) in [5.41, 5.74) is 1.64. The van der Waals surface area contributed by atoms with Crippen LogP contribution >= 0.6 is 23.2 Å². The maximum atomic E-state index is 14.1. The van der Waals surface area contributed by atoms with Gasteiger partial charge in [0.15, 0.2) is 0 Å². The molecule has 0 spiro atoms. The van der Waals surface area contributed by atoms with Gasteiger partial charge in [0.05, 0.1) is 12.2 Å². The molecule has 2 atom stereocenters. The van der Waals surface area contributed by atoms with Crippen LogP contribution in [0, 0.1) is 0 Å². The summed E-state index contributed by atoms with van der Waals surface area (Å²) < 4.78 is 10.6. The first-order chi connectivity index (χ1) is 19.3. The topological polar surface area (TPSA) is 114 Å². The van der Waals surface area contributed by atoms with Gasteiger partial charge in [-0.3, -0.25) is 4.79 Å². The molecule has 4 amide bonds. The number of anilines is 1. The third-order valence-electron chi connectivity index (χ3n) is 7.01. The van der Waals surface area contributed by atoms with Crippen LogP contribution in [0.25, 0.3) is 11.1 Å². The monoisotopic (exact) mass is 583 g/mol.